The molecule has 7 heteroatoms. The molecule has 0 fully saturated rings. The number of hydrogen-bond donors (Lipinski definition) is 0. The number of aromatic nitrogens is 3. The number of furan rings is 1. The fourth-order valence-electron chi connectivity index (χ4n) is 1.25. The van der Waals surface area contributed by atoms with Gasteiger partial charge in [0.2, 0.25) is 3.79 Å². The third-order valence-electron chi connectivity index (χ3n) is 1.96. The molecular formula is C11H8Cl3N3O. The average Bonchev–Trinajstić information content (AvgIpc) is 2.77. The van der Waals surface area contributed by atoms with Crippen molar-refractivity contribution in [1.82, 2.24) is 15.0 Å². The van der Waals surface area contributed by atoms with Crippen molar-refractivity contribution in [2.24, 2.45) is 0 Å². The van der Waals surface area contributed by atoms with Crippen molar-refractivity contribution in [3.8, 4) is 0 Å². The fraction of sp³-hybridized carbons (Fsp3) is 0.182. The monoisotopic (exact) mass is 303 g/mol. The van der Waals surface area contributed by atoms with Crippen molar-refractivity contribution in [2.75, 3.05) is 0 Å². The Kier molecular flexibility index (Phi) is 3.90. The molecule has 2 heterocycles. The van der Waals surface area contributed by atoms with Crippen LogP contribution in [0.5, 0.6) is 0 Å². The molecule has 18 heavy (non-hydrogen) atoms. The molecule has 0 aliphatic carbocycles. The zero-order valence-corrected chi connectivity index (χ0v) is 11.5. The maximum Gasteiger partial charge on any atom is 0.250 e. The maximum atomic E-state index is 5.74. The second kappa shape index (κ2) is 5.26. The van der Waals surface area contributed by atoms with Crippen LogP contribution in [0.15, 0.2) is 22.8 Å². The first-order valence-electron chi connectivity index (χ1n) is 4.96. The van der Waals surface area contributed by atoms with Gasteiger partial charge in [0.1, 0.15) is 11.6 Å². The van der Waals surface area contributed by atoms with E-state index in [0.717, 1.165) is 0 Å². The molecule has 0 bridgehead atoms. The van der Waals surface area contributed by atoms with E-state index in [1.54, 1.807) is 37.5 Å². The van der Waals surface area contributed by atoms with Gasteiger partial charge in [0, 0.05) is 0 Å². The van der Waals surface area contributed by atoms with Gasteiger partial charge in [-0.15, -0.1) is 0 Å². The Morgan fingerprint density at radius 1 is 1.17 bits per heavy atom. The van der Waals surface area contributed by atoms with Crippen molar-refractivity contribution in [3.63, 3.8) is 0 Å². The molecule has 0 saturated heterocycles. The van der Waals surface area contributed by atoms with Crippen molar-refractivity contribution >= 4 is 47.0 Å². The number of rotatable bonds is 2. The molecule has 0 aromatic carbocycles. The van der Waals surface area contributed by atoms with Crippen LogP contribution in [0.4, 0.5) is 0 Å². The van der Waals surface area contributed by atoms with Gasteiger partial charge in [-0.25, -0.2) is 15.0 Å². The zero-order chi connectivity index (χ0) is 13.2. The predicted octanol–water partition coefficient (Wildman–Crippen LogP) is 3.77. The third kappa shape index (κ3) is 3.45. The normalized spacial score (nSPS) is 12.2. The fourth-order valence-corrected chi connectivity index (χ4v) is 1.50. The summed E-state index contributed by atoms with van der Waals surface area (Å²) in [6.45, 7) is 1.70. The highest BCUT2D eigenvalue weighted by Gasteiger charge is 2.27. The van der Waals surface area contributed by atoms with E-state index >= 15 is 0 Å². The van der Waals surface area contributed by atoms with E-state index in [1.807, 2.05) is 0 Å². The molecule has 2 rings (SSSR count). The van der Waals surface area contributed by atoms with Crippen LogP contribution in [-0.4, -0.2) is 15.0 Å². The van der Waals surface area contributed by atoms with Gasteiger partial charge in [0.15, 0.2) is 11.6 Å². The van der Waals surface area contributed by atoms with Gasteiger partial charge in [-0.1, -0.05) is 34.8 Å². The minimum absolute atomic E-state index is 0.0964. The molecule has 0 amide bonds. The van der Waals surface area contributed by atoms with Crippen LogP contribution in [0, 0.1) is 6.92 Å². The highest BCUT2D eigenvalue weighted by molar-refractivity contribution is 6.66. The number of aryl methyl sites for hydroxylation is 1. The van der Waals surface area contributed by atoms with Gasteiger partial charge in [0.05, 0.1) is 6.26 Å². The van der Waals surface area contributed by atoms with Crippen LogP contribution in [0.3, 0.4) is 0 Å². The van der Waals surface area contributed by atoms with E-state index in [9.17, 15) is 0 Å². The molecule has 0 N–H and O–H groups in total. The van der Waals surface area contributed by atoms with Crippen LogP contribution in [0.2, 0.25) is 0 Å². The first-order valence-corrected chi connectivity index (χ1v) is 6.10. The highest BCUT2D eigenvalue weighted by Crippen LogP contribution is 2.35. The van der Waals surface area contributed by atoms with E-state index in [0.29, 0.717) is 17.4 Å². The molecule has 0 aliphatic heterocycles. The van der Waals surface area contributed by atoms with Gasteiger partial charge in [0.25, 0.3) is 0 Å². The summed E-state index contributed by atoms with van der Waals surface area (Å²) in [6.07, 6.45) is 4.95. The van der Waals surface area contributed by atoms with Gasteiger partial charge < -0.3 is 4.42 Å². The Morgan fingerprint density at radius 3 is 2.56 bits per heavy atom. The molecular weight excluding hydrogens is 296 g/mol. The van der Waals surface area contributed by atoms with E-state index in [2.05, 4.69) is 15.0 Å². The molecule has 94 valence electrons. The van der Waals surface area contributed by atoms with Crippen LogP contribution in [0.25, 0.3) is 12.2 Å². The standard InChI is InChI=1S/C11H8Cl3N3O/c1-7-15-9(5-4-8-3-2-6-18-8)17-10(16-7)11(12,13)14/h2-6H,1H3/b5-4+. The van der Waals surface area contributed by atoms with E-state index in [4.69, 9.17) is 39.2 Å². The Balaban J connectivity index is 2.31. The first kappa shape index (κ1) is 13.3. The molecule has 0 spiro atoms. The van der Waals surface area contributed by atoms with Crippen LogP contribution in [-0.2, 0) is 3.79 Å². The van der Waals surface area contributed by atoms with Crippen molar-refractivity contribution in [1.29, 1.82) is 0 Å². The summed E-state index contributed by atoms with van der Waals surface area (Å²) < 4.78 is 3.48. The smallest absolute Gasteiger partial charge is 0.250 e. The molecule has 0 saturated carbocycles. The highest BCUT2D eigenvalue weighted by atomic mass is 35.6. The number of hydrogen-bond acceptors (Lipinski definition) is 4. The number of halogens is 3. The van der Waals surface area contributed by atoms with E-state index in [1.165, 1.54) is 0 Å². The van der Waals surface area contributed by atoms with Crippen molar-refractivity contribution in [3.05, 3.63) is 41.6 Å². The maximum absolute atomic E-state index is 5.74. The van der Waals surface area contributed by atoms with Crippen molar-refractivity contribution in [2.45, 2.75) is 10.7 Å². The topological polar surface area (TPSA) is 51.8 Å². The lowest BCUT2D eigenvalue weighted by molar-refractivity contribution is 0.557. The summed E-state index contributed by atoms with van der Waals surface area (Å²) in [4.78, 5) is 12.2. The summed E-state index contributed by atoms with van der Waals surface area (Å²) >= 11 is 17.2. The number of nitrogens with zero attached hydrogens (tertiary/aromatic N) is 3. The minimum Gasteiger partial charge on any atom is -0.465 e. The second-order valence-electron chi connectivity index (χ2n) is 3.41. The average molecular weight is 305 g/mol. The molecule has 0 aliphatic rings. The Bertz CT molecular complexity index is 561. The largest absolute Gasteiger partial charge is 0.465 e. The molecule has 2 aromatic rings. The molecule has 0 atom stereocenters. The first-order chi connectivity index (χ1) is 8.45. The van der Waals surface area contributed by atoms with Crippen LogP contribution in [0.1, 0.15) is 23.2 Å². The second-order valence-corrected chi connectivity index (χ2v) is 5.69. The van der Waals surface area contributed by atoms with Crippen molar-refractivity contribution < 1.29 is 4.42 Å². The summed E-state index contributed by atoms with van der Waals surface area (Å²) in [5.74, 6) is 1.66. The Labute approximate surface area is 119 Å². The SMILES string of the molecule is Cc1nc(/C=C/c2ccco2)nc(C(Cl)(Cl)Cl)n1. The van der Waals surface area contributed by atoms with Crippen LogP contribution >= 0.6 is 34.8 Å². The Morgan fingerprint density at radius 2 is 1.94 bits per heavy atom. The predicted molar refractivity (Wildman–Crippen MR) is 71.4 cm³/mol. The summed E-state index contributed by atoms with van der Waals surface area (Å²) in [6, 6.07) is 3.59. The lowest BCUT2D eigenvalue weighted by atomic mass is 10.4. The van der Waals surface area contributed by atoms with E-state index < -0.39 is 3.79 Å². The lowest BCUT2D eigenvalue weighted by Crippen LogP contribution is -2.11. The quantitative estimate of drug-likeness (QED) is 0.793. The zero-order valence-electron chi connectivity index (χ0n) is 9.27. The minimum atomic E-state index is -1.67. The van der Waals surface area contributed by atoms with Crippen LogP contribution < -0.4 is 0 Å². The Hall–Kier alpha value is -1.10. The molecule has 0 radical (unpaired) electrons. The summed E-state index contributed by atoms with van der Waals surface area (Å²) in [7, 11) is 0. The molecule has 2 aromatic heterocycles. The third-order valence-corrected chi connectivity index (χ3v) is 2.47. The van der Waals surface area contributed by atoms with E-state index in [-0.39, 0.29) is 5.82 Å². The van der Waals surface area contributed by atoms with Gasteiger partial charge >= 0.3 is 0 Å². The molecule has 0 unspecified atom stereocenters. The van der Waals surface area contributed by atoms with Gasteiger partial charge in [-0.05, 0) is 31.2 Å². The summed E-state index contributed by atoms with van der Waals surface area (Å²) in [5, 5.41) is 0. The summed E-state index contributed by atoms with van der Waals surface area (Å²) in [5.41, 5.74) is 0. The van der Waals surface area contributed by atoms with Gasteiger partial charge in [-0.2, -0.15) is 0 Å². The molecule has 4 nitrogen and oxygen atoms in total. The lowest BCUT2D eigenvalue weighted by Gasteiger charge is -2.09. The van der Waals surface area contributed by atoms with Gasteiger partial charge in [-0.3, -0.25) is 0 Å². The number of alkyl halides is 3.